The van der Waals surface area contributed by atoms with Crippen LogP contribution in [-0.4, -0.2) is 23.5 Å². The number of pyridine rings is 1. The van der Waals surface area contributed by atoms with Crippen LogP contribution < -0.4 is 5.32 Å². The summed E-state index contributed by atoms with van der Waals surface area (Å²) in [6, 6.07) is 10.8. The van der Waals surface area contributed by atoms with E-state index in [1.165, 1.54) is 0 Å². The number of carbonyl (C=O) groups is 2. The van der Waals surface area contributed by atoms with E-state index in [4.69, 9.17) is 16.3 Å². The molecule has 1 aromatic carbocycles. The minimum absolute atomic E-state index is 0.320. The lowest BCUT2D eigenvalue weighted by atomic mass is 10.1. The molecule has 128 valence electrons. The van der Waals surface area contributed by atoms with Crippen LogP contribution in [0.25, 0.3) is 10.9 Å². The number of amides is 1. The highest BCUT2D eigenvalue weighted by Gasteiger charge is 2.15. The van der Waals surface area contributed by atoms with Gasteiger partial charge in [0.05, 0.1) is 23.3 Å². The average molecular weight is 375 g/mol. The van der Waals surface area contributed by atoms with Gasteiger partial charge in [0.2, 0.25) is 0 Å². The lowest BCUT2D eigenvalue weighted by Crippen LogP contribution is -2.28. The second-order valence-electron chi connectivity index (χ2n) is 5.39. The standard InChI is InChI=1S/C18H15ClN2O3S/c1-11-15(8-12-7-13(19)4-5-16(12)21-11)18(23)24-10-17(22)20-9-14-3-2-6-25-14/h2-8H,9-10H2,1H3,(H,20,22). The zero-order valence-electron chi connectivity index (χ0n) is 13.4. The summed E-state index contributed by atoms with van der Waals surface area (Å²) < 4.78 is 5.10. The number of thiophene rings is 1. The summed E-state index contributed by atoms with van der Waals surface area (Å²) in [6.07, 6.45) is 0. The fraction of sp³-hybridized carbons (Fsp3) is 0.167. The molecule has 0 spiro atoms. The van der Waals surface area contributed by atoms with Crippen LogP contribution in [0.15, 0.2) is 41.8 Å². The second kappa shape index (κ2) is 7.63. The molecule has 1 N–H and O–H groups in total. The first-order chi connectivity index (χ1) is 12.0. The predicted octanol–water partition coefficient (Wildman–Crippen LogP) is 3.73. The Morgan fingerprint density at radius 1 is 1.28 bits per heavy atom. The van der Waals surface area contributed by atoms with Crippen LogP contribution in [0.5, 0.6) is 0 Å². The molecule has 0 fully saturated rings. The molecule has 0 unspecified atom stereocenters. The van der Waals surface area contributed by atoms with Crippen molar-refractivity contribution in [2.45, 2.75) is 13.5 Å². The van der Waals surface area contributed by atoms with Gasteiger partial charge in [-0.25, -0.2) is 4.79 Å². The number of nitrogens with one attached hydrogen (secondary N) is 1. The summed E-state index contributed by atoms with van der Waals surface area (Å²) in [7, 11) is 0. The van der Waals surface area contributed by atoms with Gasteiger partial charge >= 0.3 is 5.97 Å². The summed E-state index contributed by atoms with van der Waals surface area (Å²) in [5.74, 6) is -0.936. The fourth-order valence-corrected chi connectivity index (χ4v) is 3.13. The van der Waals surface area contributed by atoms with Gasteiger partial charge in [-0.1, -0.05) is 17.7 Å². The first kappa shape index (κ1) is 17.4. The third-order valence-electron chi connectivity index (χ3n) is 3.56. The second-order valence-corrected chi connectivity index (χ2v) is 6.86. The normalized spacial score (nSPS) is 10.6. The molecule has 0 radical (unpaired) electrons. The van der Waals surface area contributed by atoms with Crippen LogP contribution in [0.2, 0.25) is 5.02 Å². The van der Waals surface area contributed by atoms with Gasteiger partial charge < -0.3 is 10.1 Å². The Hall–Kier alpha value is -2.44. The Morgan fingerprint density at radius 2 is 2.12 bits per heavy atom. The third-order valence-corrected chi connectivity index (χ3v) is 4.67. The number of hydrogen-bond donors (Lipinski definition) is 1. The zero-order valence-corrected chi connectivity index (χ0v) is 15.0. The number of rotatable bonds is 5. The number of benzene rings is 1. The molecule has 0 bridgehead atoms. The van der Waals surface area contributed by atoms with Crippen molar-refractivity contribution in [2.75, 3.05) is 6.61 Å². The molecule has 1 amide bonds. The number of ether oxygens (including phenoxy) is 1. The largest absolute Gasteiger partial charge is 0.452 e. The monoisotopic (exact) mass is 374 g/mol. The van der Waals surface area contributed by atoms with Crippen molar-refractivity contribution in [2.24, 2.45) is 0 Å². The molecule has 0 atom stereocenters. The molecule has 0 aliphatic carbocycles. The number of esters is 1. The highest BCUT2D eigenvalue weighted by atomic mass is 35.5. The number of halogens is 1. The van der Waals surface area contributed by atoms with Crippen molar-refractivity contribution in [3.63, 3.8) is 0 Å². The van der Waals surface area contributed by atoms with Crippen LogP contribution in [0, 0.1) is 6.92 Å². The van der Waals surface area contributed by atoms with Crippen molar-refractivity contribution in [3.05, 3.63) is 62.9 Å². The maximum Gasteiger partial charge on any atom is 0.340 e. The molecule has 0 aliphatic heterocycles. The Balaban J connectivity index is 1.63. The van der Waals surface area contributed by atoms with Crippen molar-refractivity contribution in [3.8, 4) is 0 Å². The molecular weight excluding hydrogens is 360 g/mol. The molecule has 2 heterocycles. The Kier molecular flexibility index (Phi) is 5.31. The van der Waals surface area contributed by atoms with E-state index in [9.17, 15) is 9.59 Å². The smallest absolute Gasteiger partial charge is 0.340 e. The molecular formula is C18H15ClN2O3S. The van der Waals surface area contributed by atoms with Gasteiger partial charge in [-0.3, -0.25) is 9.78 Å². The number of nitrogens with zero attached hydrogens (tertiary/aromatic N) is 1. The summed E-state index contributed by atoms with van der Waals surface area (Å²) in [4.78, 5) is 29.5. The van der Waals surface area contributed by atoms with Gasteiger partial charge in [-0.15, -0.1) is 11.3 Å². The van der Waals surface area contributed by atoms with Gasteiger partial charge in [0, 0.05) is 15.3 Å². The first-order valence-corrected chi connectivity index (χ1v) is 8.82. The number of hydrogen-bond acceptors (Lipinski definition) is 5. The van der Waals surface area contributed by atoms with Crippen LogP contribution >= 0.6 is 22.9 Å². The number of carbonyl (C=O) groups excluding carboxylic acids is 2. The molecule has 7 heteroatoms. The van der Waals surface area contributed by atoms with Gasteiger partial charge in [0.1, 0.15) is 0 Å². The van der Waals surface area contributed by atoms with E-state index in [-0.39, 0.29) is 12.5 Å². The minimum Gasteiger partial charge on any atom is -0.452 e. The van der Waals surface area contributed by atoms with E-state index >= 15 is 0 Å². The van der Waals surface area contributed by atoms with Crippen LogP contribution in [0.1, 0.15) is 20.9 Å². The van der Waals surface area contributed by atoms with Gasteiger partial charge in [0.25, 0.3) is 5.91 Å². The third kappa shape index (κ3) is 4.35. The topological polar surface area (TPSA) is 68.3 Å². The van der Waals surface area contributed by atoms with E-state index in [1.807, 2.05) is 17.5 Å². The highest BCUT2D eigenvalue weighted by molar-refractivity contribution is 7.09. The van der Waals surface area contributed by atoms with E-state index in [1.54, 1.807) is 42.5 Å². The molecule has 0 saturated carbocycles. The van der Waals surface area contributed by atoms with Crippen molar-refractivity contribution in [1.82, 2.24) is 10.3 Å². The number of aromatic nitrogens is 1. The summed E-state index contributed by atoms with van der Waals surface area (Å²) in [6.45, 7) is 1.81. The lowest BCUT2D eigenvalue weighted by Gasteiger charge is -2.09. The quantitative estimate of drug-likeness (QED) is 0.691. The first-order valence-electron chi connectivity index (χ1n) is 7.56. The van der Waals surface area contributed by atoms with Gasteiger partial charge in [-0.2, -0.15) is 0 Å². The summed E-state index contributed by atoms with van der Waals surface area (Å²) in [5, 5.41) is 5.94. The highest BCUT2D eigenvalue weighted by Crippen LogP contribution is 2.21. The molecule has 5 nitrogen and oxygen atoms in total. The maximum absolute atomic E-state index is 12.3. The molecule has 3 rings (SSSR count). The molecule has 25 heavy (non-hydrogen) atoms. The lowest BCUT2D eigenvalue weighted by molar-refractivity contribution is -0.124. The predicted molar refractivity (Wildman–Crippen MR) is 97.9 cm³/mol. The summed E-state index contributed by atoms with van der Waals surface area (Å²) in [5.41, 5.74) is 1.60. The van der Waals surface area contributed by atoms with Crippen LogP contribution in [0.3, 0.4) is 0 Å². The SMILES string of the molecule is Cc1nc2ccc(Cl)cc2cc1C(=O)OCC(=O)NCc1cccs1. The molecule has 0 aliphatic rings. The Morgan fingerprint density at radius 3 is 2.88 bits per heavy atom. The number of aryl methyl sites for hydroxylation is 1. The average Bonchev–Trinajstić information content (AvgIpc) is 3.11. The van der Waals surface area contributed by atoms with Crippen molar-refractivity contribution >= 4 is 45.7 Å². The van der Waals surface area contributed by atoms with Crippen molar-refractivity contribution < 1.29 is 14.3 Å². The molecule has 0 saturated heterocycles. The number of fused-ring (bicyclic) bond motifs is 1. The zero-order chi connectivity index (χ0) is 17.8. The van der Waals surface area contributed by atoms with Gasteiger partial charge in [0.15, 0.2) is 6.61 Å². The van der Waals surface area contributed by atoms with Crippen LogP contribution in [-0.2, 0) is 16.1 Å². The van der Waals surface area contributed by atoms with Crippen LogP contribution in [0.4, 0.5) is 0 Å². The Bertz CT molecular complexity index is 925. The maximum atomic E-state index is 12.3. The van der Waals surface area contributed by atoms with Gasteiger partial charge in [-0.05, 0) is 42.6 Å². The fourth-order valence-electron chi connectivity index (χ4n) is 2.31. The summed E-state index contributed by atoms with van der Waals surface area (Å²) >= 11 is 7.52. The van der Waals surface area contributed by atoms with E-state index < -0.39 is 5.97 Å². The Labute approximate surface area is 153 Å². The molecule has 3 aromatic rings. The van der Waals surface area contributed by atoms with E-state index in [2.05, 4.69) is 10.3 Å². The molecule has 2 aromatic heterocycles. The van der Waals surface area contributed by atoms with E-state index in [0.717, 1.165) is 15.8 Å². The van der Waals surface area contributed by atoms with Crippen molar-refractivity contribution in [1.29, 1.82) is 0 Å². The van der Waals surface area contributed by atoms with E-state index in [0.29, 0.717) is 22.8 Å². The minimum atomic E-state index is -0.585.